The topological polar surface area (TPSA) is 67.2 Å². The molecule has 0 unspecified atom stereocenters. The maximum absolute atomic E-state index is 12.2. The number of nitrogen functional groups attached to an aromatic ring is 1. The van der Waals surface area contributed by atoms with E-state index in [9.17, 15) is 4.79 Å². The number of nitrogens with one attached hydrogen (secondary N) is 2. The molecule has 1 amide bonds. The van der Waals surface area contributed by atoms with Crippen LogP contribution in [0.3, 0.4) is 0 Å². The Kier molecular flexibility index (Phi) is 5.91. The number of carbonyl (C=O) groups is 1. The van der Waals surface area contributed by atoms with Gasteiger partial charge in [-0.25, -0.2) is 0 Å². The summed E-state index contributed by atoms with van der Waals surface area (Å²) >= 11 is 1.52. The van der Waals surface area contributed by atoms with E-state index in [-0.39, 0.29) is 5.91 Å². The first-order valence-corrected chi connectivity index (χ1v) is 8.94. The molecule has 1 aromatic heterocycles. The monoisotopic (exact) mass is 309 g/mol. The van der Waals surface area contributed by atoms with E-state index in [1.165, 1.54) is 42.6 Å². The molecule has 1 aliphatic rings. The van der Waals surface area contributed by atoms with Crippen LogP contribution >= 0.6 is 11.3 Å². The summed E-state index contributed by atoms with van der Waals surface area (Å²) < 4.78 is 0. The zero-order valence-corrected chi connectivity index (χ0v) is 13.9. The van der Waals surface area contributed by atoms with Gasteiger partial charge < -0.3 is 16.4 Å². The predicted molar refractivity (Wildman–Crippen MR) is 91.3 cm³/mol. The van der Waals surface area contributed by atoms with Crippen molar-refractivity contribution in [1.82, 2.24) is 5.32 Å². The maximum Gasteiger partial charge on any atom is 0.263 e. The Bertz CT molecular complexity index is 480. The summed E-state index contributed by atoms with van der Waals surface area (Å²) in [5.41, 5.74) is 8.15. The number of unbranched alkanes of at least 4 members (excludes halogenated alkanes) is 2. The van der Waals surface area contributed by atoms with Crippen LogP contribution in [0.1, 0.15) is 73.5 Å². The molecule has 0 aliphatic heterocycles. The fourth-order valence-electron chi connectivity index (χ4n) is 2.43. The highest BCUT2D eigenvalue weighted by Gasteiger charge is 2.32. The van der Waals surface area contributed by atoms with Gasteiger partial charge in [0, 0.05) is 18.7 Å². The van der Waals surface area contributed by atoms with E-state index in [1.807, 2.05) is 0 Å². The van der Waals surface area contributed by atoms with Crippen LogP contribution in [-0.2, 0) is 0 Å². The van der Waals surface area contributed by atoms with Crippen molar-refractivity contribution in [3.05, 3.63) is 10.4 Å². The Balaban J connectivity index is 2.09. The lowest BCUT2D eigenvalue weighted by molar-refractivity contribution is 0.0958. The van der Waals surface area contributed by atoms with Crippen LogP contribution in [0, 0.1) is 0 Å². The second-order valence-corrected chi connectivity index (χ2v) is 6.77. The Morgan fingerprint density at radius 2 is 2.00 bits per heavy atom. The molecule has 2 rings (SSSR count). The third-order valence-electron chi connectivity index (χ3n) is 3.78. The van der Waals surface area contributed by atoms with Crippen molar-refractivity contribution in [2.24, 2.45) is 0 Å². The molecule has 0 spiro atoms. The summed E-state index contributed by atoms with van der Waals surface area (Å²) in [6.07, 6.45) is 6.94. The van der Waals surface area contributed by atoms with Crippen LogP contribution in [0.25, 0.3) is 0 Å². The number of carbonyl (C=O) groups excluding carboxylic acids is 1. The summed E-state index contributed by atoms with van der Waals surface area (Å²) in [6, 6.07) is 0. The van der Waals surface area contributed by atoms with Gasteiger partial charge in [-0.15, -0.1) is 11.3 Å². The summed E-state index contributed by atoms with van der Waals surface area (Å²) in [6.45, 7) is 5.92. The molecule has 0 bridgehead atoms. The van der Waals surface area contributed by atoms with Gasteiger partial charge in [0.1, 0.15) is 4.88 Å². The minimum Gasteiger partial charge on any atom is -0.397 e. The number of nitrogens with two attached hydrogens (primary N) is 1. The second-order valence-electron chi connectivity index (χ2n) is 5.75. The largest absolute Gasteiger partial charge is 0.397 e. The van der Waals surface area contributed by atoms with E-state index in [2.05, 4.69) is 24.5 Å². The summed E-state index contributed by atoms with van der Waals surface area (Å²) in [7, 11) is 0. The Hall–Kier alpha value is -1.23. The smallest absolute Gasteiger partial charge is 0.263 e. The first kappa shape index (κ1) is 16.1. The van der Waals surface area contributed by atoms with Gasteiger partial charge in [0.2, 0.25) is 0 Å². The number of thiophene rings is 1. The highest BCUT2D eigenvalue weighted by Crippen LogP contribution is 2.50. The molecule has 1 fully saturated rings. The van der Waals surface area contributed by atoms with E-state index in [0.29, 0.717) is 23.0 Å². The quantitative estimate of drug-likeness (QED) is 0.605. The highest BCUT2D eigenvalue weighted by atomic mass is 32.1. The number of anilines is 2. The first-order valence-electron chi connectivity index (χ1n) is 8.13. The maximum atomic E-state index is 12.2. The number of amides is 1. The van der Waals surface area contributed by atoms with Crippen molar-refractivity contribution < 1.29 is 4.79 Å². The number of hydrogen-bond acceptors (Lipinski definition) is 4. The Morgan fingerprint density at radius 1 is 1.24 bits per heavy atom. The lowest BCUT2D eigenvalue weighted by atomic mass is 10.1. The Labute approximate surface area is 131 Å². The van der Waals surface area contributed by atoms with Crippen molar-refractivity contribution in [3.8, 4) is 0 Å². The van der Waals surface area contributed by atoms with Crippen LogP contribution in [0.2, 0.25) is 0 Å². The van der Waals surface area contributed by atoms with E-state index in [1.54, 1.807) is 0 Å². The molecule has 0 radical (unpaired) electrons. The van der Waals surface area contributed by atoms with E-state index in [0.717, 1.165) is 24.4 Å². The SMILES string of the molecule is CCCCCNc1sc(C(=O)NCCC)c(N)c1C1CC1. The van der Waals surface area contributed by atoms with Crippen molar-refractivity contribution in [2.45, 2.75) is 58.3 Å². The first-order chi connectivity index (χ1) is 10.2. The molecule has 1 saturated carbocycles. The van der Waals surface area contributed by atoms with Gasteiger partial charge in [0.15, 0.2) is 0 Å². The fraction of sp³-hybridized carbons (Fsp3) is 0.688. The average molecular weight is 309 g/mol. The zero-order chi connectivity index (χ0) is 15.2. The van der Waals surface area contributed by atoms with Gasteiger partial charge in [-0.2, -0.15) is 0 Å². The number of rotatable bonds is 9. The van der Waals surface area contributed by atoms with E-state index in [4.69, 9.17) is 5.73 Å². The molecule has 0 aromatic carbocycles. The summed E-state index contributed by atoms with van der Waals surface area (Å²) in [5, 5.41) is 7.55. The van der Waals surface area contributed by atoms with Crippen LogP contribution in [-0.4, -0.2) is 19.0 Å². The lowest BCUT2D eigenvalue weighted by Gasteiger charge is -2.06. The van der Waals surface area contributed by atoms with Gasteiger partial charge in [-0.3, -0.25) is 4.79 Å². The third kappa shape index (κ3) is 4.13. The predicted octanol–water partition coefficient (Wildman–Crippen LogP) is 3.95. The molecule has 0 atom stereocenters. The molecule has 1 heterocycles. The minimum absolute atomic E-state index is 0.0251. The summed E-state index contributed by atoms with van der Waals surface area (Å²) in [5.74, 6) is 0.533. The summed E-state index contributed by atoms with van der Waals surface area (Å²) in [4.78, 5) is 12.9. The van der Waals surface area contributed by atoms with Gasteiger partial charge in [0.25, 0.3) is 5.91 Å². The van der Waals surface area contributed by atoms with E-state index >= 15 is 0 Å². The molecular formula is C16H27N3OS. The highest BCUT2D eigenvalue weighted by molar-refractivity contribution is 7.18. The molecule has 118 valence electrons. The molecular weight excluding hydrogens is 282 g/mol. The second kappa shape index (κ2) is 7.69. The van der Waals surface area contributed by atoms with Crippen LogP contribution in [0.4, 0.5) is 10.7 Å². The molecule has 1 aromatic rings. The van der Waals surface area contributed by atoms with Crippen molar-refractivity contribution in [2.75, 3.05) is 24.1 Å². The third-order valence-corrected chi connectivity index (χ3v) is 4.95. The molecule has 0 saturated heterocycles. The molecule has 1 aliphatic carbocycles. The average Bonchev–Trinajstić information content (AvgIpc) is 3.25. The molecule has 4 nitrogen and oxygen atoms in total. The molecule has 21 heavy (non-hydrogen) atoms. The fourth-order valence-corrected chi connectivity index (χ4v) is 3.58. The van der Waals surface area contributed by atoms with Gasteiger partial charge in [-0.05, 0) is 31.6 Å². The van der Waals surface area contributed by atoms with Crippen molar-refractivity contribution >= 4 is 27.9 Å². The minimum atomic E-state index is -0.0251. The van der Waals surface area contributed by atoms with Gasteiger partial charge >= 0.3 is 0 Å². The lowest BCUT2D eigenvalue weighted by Crippen LogP contribution is -2.23. The van der Waals surface area contributed by atoms with Gasteiger partial charge in [-0.1, -0.05) is 26.7 Å². The zero-order valence-electron chi connectivity index (χ0n) is 13.1. The van der Waals surface area contributed by atoms with Crippen LogP contribution in [0.5, 0.6) is 0 Å². The van der Waals surface area contributed by atoms with Gasteiger partial charge in [0.05, 0.1) is 10.7 Å². The van der Waals surface area contributed by atoms with Crippen LogP contribution < -0.4 is 16.4 Å². The van der Waals surface area contributed by atoms with Crippen molar-refractivity contribution in [1.29, 1.82) is 0 Å². The molecule has 4 N–H and O–H groups in total. The Morgan fingerprint density at radius 3 is 2.62 bits per heavy atom. The number of hydrogen-bond donors (Lipinski definition) is 3. The molecule has 5 heteroatoms. The van der Waals surface area contributed by atoms with E-state index < -0.39 is 0 Å². The normalized spacial score (nSPS) is 14.2. The van der Waals surface area contributed by atoms with Crippen LogP contribution in [0.15, 0.2) is 0 Å². The standard InChI is InChI=1S/C16H27N3OS/c1-3-5-6-10-19-16-12(11-7-8-11)13(17)14(21-16)15(20)18-9-4-2/h11,19H,3-10,17H2,1-2H3,(H,18,20). The van der Waals surface area contributed by atoms with Crippen molar-refractivity contribution in [3.63, 3.8) is 0 Å².